The fourth-order valence-corrected chi connectivity index (χ4v) is 3.87. The largest absolute Gasteiger partial charge is 0.463 e. The van der Waals surface area contributed by atoms with E-state index in [1.807, 2.05) is 30.3 Å². The Bertz CT molecular complexity index is 545. The molecule has 30 heavy (non-hydrogen) atoms. The molecule has 2 rings (SSSR count). The van der Waals surface area contributed by atoms with Crippen LogP contribution in [0, 0.1) is 0 Å². The van der Waals surface area contributed by atoms with Crippen LogP contribution in [0.4, 0.5) is 0 Å². The van der Waals surface area contributed by atoms with Crippen molar-refractivity contribution in [1.82, 2.24) is 0 Å². The van der Waals surface area contributed by atoms with Crippen molar-refractivity contribution in [3.05, 3.63) is 35.9 Å². The topological polar surface area (TPSA) is 44.8 Å². The number of hydrogen-bond donors (Lipinski definition) is 0. The van der Waals surface area contributed by atoms with Gasteiger partial charge in [0.15, 0.2) is 6.29 Å². The van der Waals surface area contributed by atoms with Gasteiger partial charge < -0.3 is 14.2 Å². The molecule has 4 heteroatoms. The zero-order chi connectivity index (χ0) is 21.3. The summed E-state index contributed by atoms with van der Waals surface area (Å²) in [5.74, 6) is -0.121. The maximum Gasteiger partial charge on any atom is 0.305 e. The zero-order valence-corrected chi connectivity index (χ0v) is 19.0. The minimum atomic E-state index is -0.351. The van der Waals surface area contributed by atoms with Crippen LogP contribution in [-0.4, -0.2) is 25.3 Å². The van der Waals surface area contributed by atoms with Gasteiger partial charge in [-0.2, -0.15) is 0 Å². The molecule has 1 aromatic rings. The summed E-state index contributed by atoms with van der Waals surface area (Å²) in [6.07, 6.45) is 17.0. The molecule has 0 spiro atoms. The number of unbranched alkanes of at least 4 members (excludes halogenated alkanes) is 12. The van der Waals surface area contributed by atoms with E-state index < -0.39 is 0 Å². The first-order valence-electron chi connectivity index (χ1n) is 12.3. The van der Waals surface area contributed by atoms with Crippen molar-refractivity contribution in [1.29, 1.82) is 0 Å². The molecule has 0 bridgehead atoms. The molecule has 170 valence electrons. The van der Waals surface area contributed by atoms with Gasteiger partial charge in [-0.3, -0.25) is 4.79 Å². The number of hydrogen-bond acceptors (Lipinski definition) is 4. The average Bonchev–Trinajstić information content (AvgIpc) is 3.25. The molecule has 1 heterocycles. The summed E-state index contributed by atoms with van der Waals surface area (Å²) < 4.78 is 16.8. The lowest BCUT2D eigenvalue weighted by molar-refractivity contribution is -0.148. The highest BCUT2D eigenvalue weighted by atomic mass is 16.7. The Balaban J connectivity index is 1.36. The molecular weight excluding hydrogens is 376 g/mol. The van der Waals surface area contributed by atoms with Gasteiger partial charge in [0.1, 0.15) is 12.7 Å². The third-order valence-corrected chi connectivity index (χ3v) is 5.74. The summed E-state index contributed by atoms with van der Waals surface area (Å²) in [5.41, 5.74) is 0.998. The number of rotatable bonds is 17. The highest BCUT2D eigenvalue weighted by Gasteiger charge is 2.28. The second kappa shape index (κ2) is 16.3. The van der Waals surface area contributed by atoms with Crippen molar-refractivity contribution >= 4 is 5.97 Å². The summed E-state index contributed by atoms with van der Waals surface area (Å²) in [6.45, 7) is 3.01. The van der Waals surface area contributed by atoms with Crippen LogP contribution in [0.3, 0.4) is 0 Å². The number of carbonyl (C=O) groups is 1. The van der Waals surface area contributed by atoms with Gasteiger partial charge in [0.05, 0.1) is 6.61 Å². The van der Waals surface area contributed by atoms with Crippen LogP contribution in [0.1, 0.15) is 109 Å². The Morgan fingerprint density at radius 1 is 0.867 bits per heavy atom. The normalized spacial score (nSPS) is 18.6. The van der Waals surface area contributed by atoms with E-state index in [1.54, 1.807) is 0 Å². The van der Waals surface area contributed by atoms with Gasteiger partial charge in [-0.05, 0) is 6.42 Å². The van der Waals surface area contributed by atoms with Crippen molar-refractivity contribution in [2.24, 2.45) is 0 Å². The van der Waals surface area contributed by atoms with Gasteiger partial charge in [-0.1, -0.05) is 114 Å². The maximum absolute atomic E-state index is 11.9. The third-order valence-electron chi connectivity index (χ3n) is 5.74. The zero-order valence-electron chi connectivity index (χ0n) is 19.0. The molecule has 1 aromatic carbocycles. The Kier molecular flexibility index (Phi) is 13.5. The first-order chi connectivity index (χ1) is 14.8. The van der Waals surface area contributed by atoms with Crippen LogP contribution in [0.5, 0.6) is 0 Å². The number of carbonyl (C=O) groups excluding carboxylic acids is 1. The molecular formula is C26H42O4. The molecule has 0 aliphatic carbocycles. The predicted octanol–water partition coefficient (Wildman–Crippen LogP) is 7.13. The standard InChI is InChI=1S/C26H42O4/c1-2-3-4-5-6-7-8-9-10-11-12-13-17-20-25(27)28-21-24-22-29-26(30-24)23-18-15-14-16-19-23/h14-16,18-19,24,26H,2-13,17,20-22H2,1H3. The van der Waals surface area contributed by atoms with E-state index in [1.165, 1.54) is 70.6 Å². The first-order valence-corrected chi connectivity index (χ1v) is 12.3. The fourth-order valence-electron chi connectivity index (χ4n) is 3.87. The Labute approximate surface area is 183 Å². The minimum absolute atomic E-state index is 0.121. The molecule has 1 fully saturated rings. The lowest BCUT2D eigenvalue weighted by Crippen LogP contribution is -2.20. The monoisotopic (exact) mass is 418 g/mol. The molecule has 0 amide bonds. The molecule has 0 radical (unpaired) electrons. The third kappa shape index (κ3) is 11.1. The SMILES string of the molecule is CCCCCCCCCCCCCCCC(=O)OCC1COC(c2ccccc2)O1. The Hall–Kier alpha value is -1.39. The van der Waals surface area contributed by atoms with E-state index in [2.05, 4.69) is 6.92 Å². The molecule has 0 aromatic heterocycles. The molecule has 4 nitrogen and oxygen atoms in total. The first kappa shape index (κ1) is 24.9. The van der Waals surface area contributed by atoms with E-state index in [0.717, 1.165) is 18.4 Å². The van der Waals surface area contributed by atoms with Crippen LogP contribution in [-0.2, 0) is 19.0 Å². The summed E-state index contributed by atoms with van der Waals surface area (Å²) in [4.78, 5) is 11.9. The Morgan fingerprint density at radius 2 is 1.43 bits per heavy atom. The summed E-state index contributed by atoms with van der Waals surface area (Å²) in [7, 11) is 0. The van der Waals surface area contributed by atoms with E-state index in [0.29, 0.717) is 13.0 Å². The van der Waals surface area contributed by atoms with Crippen LogP contribution < -0.4 is 0 Å². The summed E-state index contributed by atoms with van der Waals surface area (Å²) in [5, 5.41) is 0. The fraction of sp³-hybridized carbons (Fsp3) is 0.731. The quantitative estimate of drug-likeness (QED) is 0.199. The highest BCUT2D eigenvalue weighted by Crippen LogP contribution is 2.26. The molecule has 2 unspecified atom stereocenters. The van der Waals surface area contributed by atoms with Crippen LogP contribution >= 0.6 is 0 Å². The second-order valence-corrected chi connectivity index (χ2v) is 8.51. The average molecular weight is 419 g/mol. The molecule has 2 atom stereocenters. The van der Waals surface area contributed by atoms with Crippen molar-refractivity contribution in [2.75, 3.05) is 13.2 Å². The van der Waals surface area contributed by atoms with Crippen molar-refractivity contribution in [3.63, 3.8) is 0 Å². The molecule has 1 saturated heterocycles. The summed E-state index contributed by atoms with van der Waals surface area (Å²) >= 11 is 0. The van der Waals surface area contributed by atoms with Gasteiger partial charge in [-0.25, -0.2) is 0 Å². The highest BCUT2D eigenvalue weighted by molar-refractivity contribution is 5.69. The summed E-state index contributed by atoms with van der Waals surface area (Å²) in [6, 6.07) is 9.85. The van der Waals surface area contributed by atoms with E-state index in [4.69, 9.17) is 14.2 Å². The van der Waals surface area contributed by atoms with E-state index in [-0.39, 0.29) is 25.0 Å². The van der Waals surface area contributed by atoms with Gasteiger partial charge in [-0.15, -0.1) is 0 Å². The second-order valence-electron chi connectivity index (χ2n) is 8.51. The maximum atomic E-state index is 11.9. The number of ether oxygens (including phenoxy) is 3. The molecule has 1 aliphatic heterocycles. The Morgan fingerprint density at radius 3 is 2.03 bits per heavy atom. The smallest absolute Gasteiger partial charge is 0.305 e. The lowest BCUT2D eigenvalue weighted by Gasteiger charge is -2.12. The number of esters is 1. The van der Waals surface area contributed by atoms with Crippen molar-refractivity contribution in [2.45, 2.75) is 109 Å². The van der Waals surface area contributed by atoms with Gasteiger partial charge in [0.25, 0.3) is 0 Å². The van der Waals surface area contributed by atoms with E-state index >= 15 is 0 Å². The van der Waals surface area contributed by atoms with Crippen LogP contribution in [0.15, 0.2) is 30.3 Å². The minimum Gasteiger partial charge on any atom is -0.463 e. The number of benzene rings is 1. The van der Waals surface area contributed by atoms with Crippen molar-refractivity contribution in [3.8, 4) is 0 Å². The molecule has 1 aliphatic rings. The predicted molar refractivity (Wildman–Crippen MR) is 121 cm³/mol. The van der Waals surface area contributed by atoms with Gasteiger partial charge in [0, 0.05) is 12.0 Å². The molecule has 0 N–H and O–H groups in total. The lowest BCUT2D eigenvalue weighted by atomic mass is 10.0. The van der Waals surface area contributed by atoms with Gasteiger partial charge >= 0.3 is 5.97 Å². The van der Waals surface area contributed by atoms with Crippen LogP contribution in [0.2, 0.25) is 0 Å². The molecule has 0 saturated carbocycles. The van der Waals surface area contributed by atoms with Gasteiger partial charge in [0.2, 0.25) is 0 Å². The van der Waals surface area contributed by atoms with E-state index in [9.17, 15) is 4.79 Å². The van der Waals surface area contributed by atoms with Crippen molar-refractivity contribution < 1.29 is 19.0 Å². The van der Waals surface area contributed by atoms with Crippen LogP contribution in [0.25, 0.3) is 0 Å².